The quantitative estimate of drug-likeness (QED) is 0.166. The van der Waals surface area contributed by atoms with Crippen molar-refractivity contribution in [2.24, 2.45) is 0 Å². The van der Waals surface area contributed by atoms with Gasteiger partial charge in [-0.1, -0.05) is 152 Å². The van der Waals surface area contributed by atoms with Gasteiger partial charge in [-0.3, -0.25) is 0 Å². The molecule has 0 aliphatic carbocycles. The Balaban J connectivity index is 1.26. The van der Waals surface area contributed by atoms with Crippen LogP contribution in [0.1, 0.15) is 0 Å². The SMILES string of the molecule is c1ccc(-c2c3ccccc3c(-c3ccccc3)c3cc(-n4c5ccccc5c5c(-n6c7ccccc7c7ccccc76)cccc54)ccc23)cc1. The smallest absolute Gasteiger partial charge is 0.0562 e. The minimum Gasteiger partial charge on any atom is -0.309 e. The van der Waals surface area contributed by atoms with Gasteiger partial charge >= 0.3 is 0 Å². The van der Waals surface area contributed by atoms with Crippen LogP contribution in [-0.2, 0) is 0 Å². The van der Waals surface area contributed by atoms with Gasteiger partial charge in [-0.2, -0.15) is 0 Å². The van der Waals surface area contributed by atoms with Crippen molar-refractivity contribution in [3.05, 3.63) is 194 Å². The molecule has 2 aromatic heterocycles. The van der Waals surface area contributed by atoms with Gasteiger partial charge in [-0.25, -0.2) is 0 Å². The summed E-state index contributed by atoms with van der Waals surface area (Å²) >= 11 is 0. The number of benzene rings is 9. The number of para-hydroxylation sites is 3. The summed E-state index contributed by atoms with van der Waals surface area (Å²) in [7, 11) is 0. The number of hydrogen-bond acceptors (Lipinski definition) is 0. The van der Waals surface area contributed by atoms with Gasteiger partial charge in [0.2, 0.25) is 0 Å². The molecular formula is C50H32N2. The van der Waals surface area contributed by atoms with Crippen molar-refractivity contribution in [1.82, 2.24) is 9.13 Å². The lowest BCUT2D eigenvalue weighted by molar-refractivity contribution is 1.17. The summed E-state index contributed by atoms with van der Waals surface area (Å²) in [6.07, 6.45) is 0. The highest BCUT2D eigenvalue weighted by Gasteiger charge is 2.21. The molecule has 0 bridgehead atoms. The first-order valence-electron chi connectivity index (χ1n) is 18.0. The van der Waals surface area contributed by atoms with Crippen LogP contribution in [0.15, 0.2) is 194 Å². The third-order valence-corrected chi connectivity index (χ3v) is 10.9. The third-order valence-electron chi connectivity index (χ3n) is 10.9. The van der Waals surface area contributed by atoms with Crippen LogP contribution in [0, 0.1) is 0 Å². The number of nitrogens with zero attached hydrogens (tertiary/aromatic N) is 2. The summed E-state index contributed by atoms with van der Waals surface area (Å²) in [5.74, 6) is 0. The lowest BCUT2D eigenvalue weighted by atomic mass is 9.86. The zero-order valence-electron chi connectivity index (χ0n) is 28.4. The Morgan fingerprint density at radius 2 is 0.712 bits per heavy atom. The topological polar surface area (TPSA) is 9.86 Å². The first kappa shape index (κ1) is 28.9. The number of rotatable bonds is 4. The molecule has 0 aliphatic heterocycles. The molecule has 242 valence electrons. The number of fused-ring (bicyclic) bond motifs is 8. The van der Waals surface area contributed by atoms with E-state index in [2.05, 4.69) is 203 Å². The van der Waals surface area contributed by atoms with E-state index in [-0.39, 0.29) is 0 Å². The maximum absolute atomic E-state index is 2.47. The summed E-state index contributed by atoms with van der Waals surface area (Å²) < 4.78 is 4.92. The Bertz CT molecular complexity index is 3110. The molecule has 0 atom stereocenters. The largest absolute Gasteiger partial charge is 0.309 e. The van der Waals surface area contributed by atoms with Gasteiger partial charge in [-0.05, 0) is 86.3 Å². The van der Waals surface area contributed by atoms with Crippen LogP contribution in [0.2, 0.25) is 0 Å². The van der Waals surface area contributed by atoms with E-state index >= 15 is 0 Å². The Morgan fingerprint density at radius 1 is 0.269 bits per heavy atom. The van der Waals surface area contributed by atoms with Crippen molar-refractivity contribution in [3.8, 4) is 33.6 Å². The van der Waals surface area contributed by atoms with Crippen LogP contribution in [0.5, 0.6) is 0 Å². The lowest BCUT2D eigenvalue weighted by Crippen LogP contribution is -1.97. The van der Waals surface area contributed by atoms with E-state index in [0.29, 0.717) is 0 Å². The van der Waals surface area contributed by atoms with E-state index in [0.717, 1.165) is 5.69 Å². The minimum atomic E-state index is 1.14. The Hall–Kier alpha value is -6.90. The molecule has 0 saturated carbocycles. The second-order valence-electron chi connectivity index (χ2n) is 13.7. The fourth-order valence-electron chi connectivity index (χ4n) is 8.78. The molecular weight excluding hydrogens is 629 g/mol. The van der Waals surface area contributed by atoms with Gasteiger partial charge in [0.05, 0.1) is 27.8 Å². The van der Waals surface area contributed by atoms with Gasteiger partial charge in [0.1, 0.15) is 0 Å². The molecule has 9 aromatic carbocycles. The van der Waals surface area contributed by atoms with Crippen LogP contribution >= 0.6 is 0 Å². The van der Waals surface area contributed by atoms with Crippen molar-refractivity contribution in [2.75, 3.05) is 0 Å². The Labute approximate surface area is 301 Å². The highest BCUT2D eigenvalue weighted by atomic mass is 15.0. The highest BCUT2D eigenvalue weighted by Crippen LogP contribution is 2.45. The molecule has 2 heteroatoms. The van der Waals surface area contributed by atoms with E-state index in [9.17, 15) is 0 Å². The normalized spacial score (nSPS) is 11.8. The molecule has 0 amide bonds. The fraction of sp³-hybridized carbons (Fsp3) is 0. The molecule has 2 heterocycles. The van der Waals surface area contributed by atoms with Gasteiger partial charge < -0.3 is 9.13 Å². The summed E-state index contributed by atoms with van der Waals surface area (Å²) in [5, 5.41) is 10.0. The van der Waals surface area contributed by atoms with Crippen LogP contribution < -0.4 is 0 Å². The summed E-state index contributed by atoms with van der Waals surface area (Å²) in [4.78, 5) is 0. The molecule has 0 saturated heterocycles. The van der Waals surface area contributed by atoms with Gasteiger partial charge in [0.25, 0.3) is 0 Å². The van der Waals surface area contributed by atoms with Gasteiger partial charge in [0.15, 0.2) is 0 Å². The second kappa shape index (κ2) is 11.3. The van der Waals surface area contributed by atoms with E-state index in [1.54, 1.807) is 0 Å². The zero-order valence-corrected chi connectivity index (χ0v) is 28.4. The van der Waals surface area contributed by atoms with E-state index in [4.69, 9.17) is 0 Å². The van der Waals surface area contributed by atoms with Gasteiger partial charge in [0, 0.05) is 27.2 Å². The molecule has 11 rings (SSSR count). The lowest BCUT2D eigenvalue weighted by Gasteiger charge is -2.19. The van der Waals surface area contributed by atoms with Gasteiger partial charge in [-0.15, -0.1) is 0 Å². The first-order valence-corrected chi connectivity index (χ1v) is 18.0. The Kier molecular flexibility index (Phi) is 6.28. The molecule has 0 unspecified atom stereocenters. The van der Waals surface area contributed by atoms with Crippen molar-refractivity contribution < 1.29 is 0 Å². The van der Waals surface area contributed by atoms with Crippen LogP contribution in [0.3, 0.4) is 0 Å². The van der Waals surface area contributed by atoms with Crippen molar-refractivity contribution >= 4 is 65.2 Å². The van der Waals surface area contributed by atoms with E-state index < -0.39 is 0 Å². The molecule has 2 nitrogen and oxygen atoms in total. The minimum absolute atomic E-state index is 1.14. The number of aromatic nitrogens is 2. The monoisotopic (exact) mass is 660 g/mol. The first-order chi connectivity index (χ1) is 25.8. The molecule has 0 aliphatic rings. The van der Waals surface area contributed by atoms with Crippen LogP contribution in [0.4, 0.5) is 0 Å². The highest BCUT2D eigenvalue weighted by molar-refractivity contribution is 6.22. The second-order valence-corrected chi connectivity index (χ2v) is 13.7. The molecule has 0 N–H and O–H groups in total. The van der Waals surface area contributed by atoms with Crippen LogP contribution in [-0.4, -0.2) is 9.13 Å². The maximum Gasteiger partial charge on any atom is 0.0562 e. The Morgan fingerprint density at radius 3 is 1.31 bits per heavy atom. The molecule has 11 aromatic rings. The summed E-state index contributed by atoms with van der Waals surface area (Å²) in [5.41, 5.74) is 12.1. The maximum atomic E-state index is 2.47. The third kappa shape index (κ3) is 4.12. The van der Waals surface area contributed by atoms with E-state index in [1.807, 2.05) is 0 Å². The molecule has 0 spiro atoms. The summed E-state index contributed by atoms with van der Waals surface area (Å²) in [6.45, 7) is 0. The molecule has 0 fully saturated rings. The predicted molar refractivity (Wildman–Crippen MR) is 221 cm³/mol. The predicted octanol–water partition coefficient (Wildman–Crippen LogP) is 13.5. The average molecular weight is 661 g/mol. The van der Waals surface area contributed by atoms with E-state index in [1.165, 1.54) is 93.1 Å². The number of hydrogen-bond donors (Lipinski definition) is 0. The molecule has 52 heavy (non-hydrogen) atoms. The van der Waals surface area contributed by atoms with Crippen molar-refractivity contribution in [3.63, 3.8) is 0 Å². The molecule has 0 radical (unpaired) electrons. The zero-order chi connectivity index (χ0) is 34.2. The van der Waals surface area contributed by atoms with Crippen molar-refractivity contribution in [2.45, 2.75) is 0 Å². The fourth-order valence-corrected chi connectivity index (χ4v) is 8.78. The standard InChI is InChI=1S/C50H32N2/c1-3-16-33(17-4-1)48-38-22-7-8-23-39(38)49(34-18-5-2-6-19-34)42-32-35(30-31-40(42)48)51-45-27-14-11-24-41(45)50-46(51)28-15-29-47(50)52-43-25-12-9-20-36(43)37-21-10-13-26-44(37)52/h1-32H. The van der Waals surface area contributed by atoms with Crippen molar-refractivity contribution in [1.29, 1.82) is 0 Å². The average Bonchev–Trinajstić information content (AvgIpc) is 3.73. The van der Waals surface area contributed by atoms with Crippen LogP contribution in [0.25, 0.3) is 98.8 Å². The summed E-state index contributed by atoms with van der Waals surface area (Å²) in [6, 6.07) is 70.9.